The van der Waals surface area contributed by atoms with Crippen LogP contribution < -0.4 is 15.4 Å². The molecule has 0 fully saturated rings. The molecule has 2 atom stereocenters. The Kier molecular flexibility index (Phi) is 5.15. The number of ether oxygens (including phenoxy) is 1. The second kappa shape index (κ2) is 7.77. The Balaban J connectivity index is 1.56. The minimum Gasteiger partial charge on any atom is -0.496 e. The van der Waals surface area contributed by atoms with E-state index in [2.05, 4.69) is 15.7 Å². The van der Waals surface area contributed by atoms with E-state index in [0.29, 0.717) is 11.5 Å². The normalized spacial score (nSPS) is 18.4. The third-order valence-electron chi connectivity index (χ3n) is 4.94. The van der Waals surface area contributed by atoms with Gasteiger partial charge >= 0.3 is 6.18 Å². The van der Waals surface area contributed by atoms with Crippen LogP contribution in [0.3, 0.4) is 0 Å². The number of halogens is 3. The van der Waals surface area contributed by atoms with Gasteiger partial charge in [0.2, 0.25) is 0 Å². The van der Waals surface area contributed by atoms with Crippen molar-refractivity contribution in [3.63, 3.8) is 0 Å². The van der Waals surface area contributed by atoms with Crippen molar-refractivity contribution in [3.8, 4) is 5.75 Å². The van der Waals surface area contributed by atoms with E-state index in [-0.39, 0.29) is 24.5 Å². The molecule has 1 amide bonds. The fourth-order valence-electron chi connectivity index (χ4n) is 3.48. The number of carbonyl (C=O) groups is 1. The molecular weight excluding hydrogens is 401 g/mol. The van der Waals surface area contributed by atoms with E-state index in [4.69, 9.17) is 9.15 Å². The molecule has 10 heteroatoms. The second-order valence-corrected chi connectivity index (χ2v) is 6.86. The number of para-hydroxylation sites is 1. The standard InChI is InChI=1S/C20H19F3N4O3/c1-29-15-6-3-2-5-12(15)11-24-19(28)14-10-18-25-13(16-7-4-8-30-16)9-17(20(21,22)23)27(18)26-14/h2-8,10,13,17,25H,9,11H2,1H3,(H,24,28)/t13-,17-/m1/s1. The molecule has 3 aromatic rings. The molecule has 158 valence electrons. The highest BCUT2D eigenvalue weighted by Gasteiger charge is 2.47. The van der Waals surface area contributed by atoms with Crippen molar-refractivity contribution in [1.29, 1.82) is 0 Å². The molecule has 0 saturated carbocycles. The number of benzene rings is 1. The predicted molar refractivity (Wildman–Crippen MR) is 101 cm³/mol. The summed E-state index contributed by atoms with van der Waals surface area (Å²) in [7, 11) is 1.52. The van der Waals surface area contributed by atoms with E-state index < -0.39 is 24.2 Å². The van der Waals surface area contributed by atoms with Gasteiger partial charge in [0, 0.05) is 24.6 Å². The maximum atomic E-state index is 13.7. The molecular formula is C20H19F3N4O3. The van der Waals surface area contributed by atoms with Gasteiger partial charge in [0.25, 0.3) is 5.91 Å². The Morgan fingerprint density at radius 1 is 1.33 bits per heavy atom. The molecule has 0 aliphatic carbocycles. The largest absolute Gasteiger partial charge is 0.496 e. The fraction of sp³-hybridized carbons (Fsp3) is 0.300. The lowest BCUT2D eigenvalue weighted by molar-refractivity contribution is -0.174. The SMILES string of the molecule is COc1ccccc1CNC(=O)c1cc2n(n1)[C@@H](C(F)(F)F)C[C@H](c1ccco1)N2. The zero-order valence-electron chi connectivity index (χ0n) is 15.9. The maximum absolute atomic E-state index is 13.7. The predicted octanol–water partition coefficient (Wildman–Crippen LogP) is 4.08. The van der Waals surface area contributed by atoms with Gasteiger partial charge in [-0.1, -0.05) is 18.2 Å². The van der Waals surface area contributed by atoms with Crippen LogP contribution in [0.15, 0.2) is 53.1 Å². The second-order valence-electron chi connectivity index (χ2n) is 6.86. The van der Waals surface area contributed by atoms with Crippen molar-refractivity contribution in [2.75, 3.05) is 12.4 Å². The lowest BCUT2D eigenvalue weighted by atomic mass is 10.0. The summed E-state index contributed by atoms with van der Waals surface area (Å²) >= 11 is 0. The molecule has 1 aliphatic rings. The number of nitrogens with zero attached hydrogens (tertiary/aromatic N) is 2. The van der Waals surface area contributed by atoms with Crippen molar-refractivity contribution in [3.05, 3.63) is 65.7 Å². The Labute approximate surface area is 169 Å². The van der Waals surface area contributed by atoms with Crippen molar-refractivity contribution >= 4 is 11.7 Å². The average molecular weight is 420 g/mol. The summed E-state index contributed by atoms with van der Waals surface area (Å²) in [5.74, 6) is 0.508. The highest BCUT2D eigenvalue weighted by molar-refractivity contribution is 5.93. The molecule has 0 spiro atoms. The highest BCUT2D eigenvalue weighted by Crippen LogP contribution is 2.43. The summed E-state index contributed by atoms with van der Waals surface area (Å²) in [6.45, 7) is 0.149. The Morgan fingerprint density at radius 2 is 2.13 bits per heavy atom. The summed E-state index contributed by atoms with van der Waals surface area (Å²) in [5, 5.41) is 9.57. The first-order valence-corrected chi connectivity index (χ1v) is 9.23. The van der Waals surface area contributed by atoms with Crippen molar-refractivity contribution in [2.45, 2.75) is 31.2 Å². The molecule has 0 bridgehead atoms. The molecule has 2 aromatic heterocycles. The van der Waals surface area contributed by atoms with Crippen LogP contribution in [0.5, 0.6) is 5.75 Å². The third-order valence-corrected chi connectivity index (χ3v) is 4.94. The van der Waals surface area contributed by atoms with Crippen molar-refractivity contribution < 1.29 is 27.1 Å². The molecule has 1 aromatic carbocycles. The van der Waals surface area contributed by atoms with Gasteiger partial charge in [-0.05, 0) is 18.2 Å². The number of furan rings is 1. The Bertz CT molecular complexity index is 1030. The van der Waals surface area contributed by atoms with Crippen molar-refractivity contribution in [1.82, 2.24) is 15.1 Å². The number of fused-ring (bicyclic) bond motifs is 1. The molecule has 30 heavy (non-hydrogen) atoms. The van der Waals surface area contributed by atoms with Crippen LogP contribution in [-0.2, 0) is 6.54 Å². The number of nitrogens with one attached hydrogen (secondary N) is 2. The molecule has 1 aliphatic heterocycles. The fourth-order valence-corrected chi connectivity index (χ4v) is 3.48. The van der Waals surface area contributed by atoms with E-state index in [1.165, 1.54) is 19.4 Å². The minimum atomic E-state index is -4.53. The molecule has 0 saturated heterocycles. The smallest absolute Gasteiger partial charge is 0.410 e. The number of alkyl halides is 3. The van der Waals surface area contributed by atoms with Crippen LogP contribution in [0.1, 0.15) is 40.3 Å². The first kappa shape index (κ1) is 19.9. The summed E-state index contributed by atoms with van der Waals surface area (Å²) in [6, 6.07) is 9.11. The number of rotatable bonds is 5. The number of methoxy groups -OCH3 is 1. The van der Waals surface area contributed by atoms with Crippen LogP contribution in [0.2, 0.25) is 0 Å². The molecule has 4 rings (SSSR count). The monoisotopic (exact) mass is 420 g/mol. The molecule has 3 heterocycles. The molecule has 0 unspecified atom stereocenters. The Morgan fingerprint density at radius 3 is 2.83 bits per heavy atom. The van der Waals surface area contributed by atoms with Crippen LogP contribution >= 0.6 is 0 Å². The van der Waals surface area contributed by atoms with Crippen LogP contribution in [-0.4, -0.2) is 29.0 Å². The van der Waals surface area contributed by atoms with Gasteiger partial charge in [-0.2, -0.15) is 18.3 Å². The van der Waals surface area contributed by atoms with Crippen LogP contribution in [0, 0.1) is 0 Å². The first-order valence-electron chi connectivity index (χ1n) is 9.23. The van der Waals surface area contributed by atoms with E-state index >= 15 is 0 Å². The van der Waals surface area contributed by atoms with Gasteiger partial charge in [-0.3, -0.25) is 4.79 Å². The van der Waals surface area contributed by atoms with Crippen molar-refractivity contribution in [2.24, 2.45) is 0 Å². The zero-order valence-corrected chi connectivity index (χ0v) is 15.9. The third kappa shape index (κ3) is 3.85. The van der Waals surface area contributed by atoms with Gasteiger partial charge in [-0.15, -0.1) is 0 Å². The number of carbonyl (C=O) groups excluding carboxylic acids is 1. The van der Waals surface area contributed by atoms with Gasteiger partial charge in [-0.25, -0.2) is 4.68 Å². The van der Waals surface area contributed by atoms with E-state index in [1.54, 1.807) is 36.4 Å². The van der Waals surface area contributed by atoms with Gasteiger partial charge in [0.05, 0.1) is 19.4 Å². The molecule has 0 radical (unpaired) electrons. The molecule has 2 N–H and O–H groups in total. The van der Waals surface area contributed by atoms with E-state index in [1.807, 2.05) is 0 Å². The minimum absolute atomic E-state index is 0.104. The van der Waals surface area contributed by atoms with E-state index in [9.17, 15) is 18.0 Å². The summed E-state index contributed by atoms with van der Waals surface area (Å²) in [6.07, 6.45) is -3.42. The quantitative estimate of drug-likeness (QED) is 0.650. The number of anilines is 1. The number of hydrogen-bond acceptors (Lipinski definition) is 5. The maximum Gasteiger partial charge on any atom is 0.410 e. The number of amides is 1. The number of hydrogen-bond donors (Lipinski definition) is 2. The lowest BCUT2D eigenvalue weighted by Gasteiger charge is -2.32. The lowest BCUT2D eigenvalue weighted by Crippen LogP contribution is -2.35. The van der Waals surface area contributed by atoms with Gasteiger partial charge < -0.3 is 19.8 Å². The number of aromatic nitrogens is 2. The van der Waals surface area contributed by atoms with Crippen LogP contribution in [0.25, 0.3) is 0 Å². The summed E-state index contributed by atoms with van der Waals surface area (Å²) < 4.78 is 52.3. The topological polar surface area (TPSA) is 81.3 Å². The average Bonchev–Trinajstić information content (AvgIpc) is 3.40. The highest BCUT2D eigenvalue weighted by atomic mass is 19.4. The van der Waals surface area contributed by atoms with E-state index in [0.717, 1.165) is 10.2 Å². The molecule has 7 nitrogen and oxygen atoms in total. The Hall–Kier alpha value is -3.43. The zero-order chi connectivity index (χ0) is 21.3. The van der Waals surface area contributed by atoms with Crippen LogP contribution in [0.4, 0.5) is 19.0 Å². The summed E-state index contributed by atoms with van der Waals surface area (Å²) in [4.78, 5) is 12.5. The van der Waals surface area contributed by atoms with Gasteiger partial charge in [0.15, 0.2) is 11.7 Å². The van der Waals surface area contributed by atoms with Gasteiger partial charge in [0.1, 0.15) is 17.3 Å². The first-order chi connectivity index (χ1) is 14.4. The summed E-state index contributed by atoms with van der Waals surface area (Å²) in [5.41, 5.74) is 0.628.